The van der Waals surface area contributed by atoms with E-state index in [9.17, 15) is 14.4 Å². The van der Waals surface area contributed by atoms with E-state index >= 15 is 0 Å². The number of hydrogen-bond acceptors (Lipinski definition) is 7. The molecule has 2 rings (SSSR count). The first-order valence-electron chi connectivity index (χ1n) is 9.68. The summed E-state index contributed by atoms with van der Waals surface area (Å²) >= 11 is 0. The molecule has 5 N–H and O–H groups in total. The summed E-state index contributed by atoms with van der Waals surface area (Å²) < 4.78 is 5.11. The zero-order valence-electron chi connectivity index (χ0n) is 18.5. The van der Waals surface area contributed by atoms with Crippen LogP contribution in [0.2, 0.25) is 0 Å². The molecule has 9 heteroatoms. The van der Waals surface area contributed by atoms with Crippen LogP contribution in [0.5, 0.6) is 5.75 Å². The summed E-state index contributed by atoms with van der Waals surface area (Å²) in [6.45, 7) is 1.79. The Hall–Kier alpha value is -4.14. The van der Waals surface area contributed by atoms with Gasteiger partial charge in [-0.25, -0.2) is 0 Å². The minimum Gasteiger partial charge on any atom is -0.495 e. The Kier molecular flexibility index (Phi) is 8.11. The van der Waals surface area contributed by atoms with Gasteiger partial charge in [0, 0.05) is 37.1 Å². The fourth-order valence-electron chi connectivity index (χ4n) is 2.99. The van der Waals surface area contributed by atoms with Crippen molar-refractivity contribution in [3.63, 3.8) is 0 Å². The van der Waals surface area contributed by atoms with E-state index in [1.807, 2.05) is 0 Å². The van der Waals surface area contributed by atoms with E-state index in [0.29, 0.717) is 28.9 Å². The van der Waals surface area contributed by atoms with Gasteiger partial charge in [-0.3, -0.25) is 19.4 Å². The minimum atomic E-state index is -0.441. The summed E-state index contributed by atoms with van der Waals surface area (Å²) in [4.78, 5) is 42.0. The molecule has 168 valence electrons. The largest absolute Gasteiger partial charge is 0.495 e. The SMILES string of the molecule is COc1cncc(/C(N)=C/C=C(\N)NC(=O)Cc2cc(C)cc(C=O)c2C(=O)N(C)C)c1. The number of benzene rings is 1. The lowest BCUT2D eigenvalue weighted by molar-refractivity contribution is -0.119. The van der Waals surface area contributed by atoms with Crippen LogP contribution in [0.25, 0.3) is 5.70 Å². The molecule has 2 amide bonds. The second-order valence-electron chi connectivity index (χ2n) is 7.29. The van der Waals surface area contributed by atoms with Crippen molar-refractivity contribution in [3.8, 4) is 5.75 Å². The average molecular weight is 438 g/mol. The van der Waals surface area contributed by atoms with Crippen molar-refractivity contribution in [2.24, 2.45) is 11.5 Å². The number of nitrogens with two attached hydrogens (primary N) is 2. The van der Waals surface area contributed by atoms with Gasteiger partial charge in [0.25, 0.3) is 5.91 Å². The number of carbonyl (C=O) groups is 3. The van der Waals surface area contributed by atoms with Gasteiger partial charge < -0.3 is 26.4 Å². The number of methoxy groups -OCH3 is 1. The Bertz CT molecular complexity index is 1090. The molecule has 1 aromatic carbocycles. The van der Waals surface area contributed by atoms with Crippen molar-refractivity contribution in [3.05, 3.63) is 76.4 Å². The maximum Gasteiger partial charge on any atom is 0.254 e. The summed E-state index contributed by atoms with van der Waals surface area (Å²) in [6, 6.07) is 5.03. The van der Waals surface area contributed by atoms with Crippen LogP contribution in [0.15, 0.2) is 48.6 Å². The van der Waals surface area contributed by atoms with Gasteiger partial charge in [0.1, 0.15) is 11.6 Å². The predicted octanol–water partition coefficient (Wildman–Crippen LogP) is 1.37. The molecule has 0 saturated carbocycles. The third kappa shape index (κ3) is 6.18. The zero-order valence-corrected chi connectivity index (χ0v) is 18.5. The topological polar surface area (TPSA) is 141 Å². The van der Waals surface area contributed by atoms with Gasteiger partial charge in [-0.15, -0.1) is 0 Å². The van der Waals surface area contributed by atoms with Crippen molar-refractivity contribution in [1.82, 2.24) is 15.2 Å². The van der Waals surface area contributed by atoms with Crippen molar-refractivity contribution in [1.29, 1.82) is 0 Å². The van der Waals surface area contributed by atoms with Crippen molar-refractivity contribution in [2.75, 3.05) is 21.2 Å². The Morgan fingerprint density at radius 3 is 2.50 bits per heavy atom. The maximum atomic E-state index is 12.6. The molecule has 2 aromatic rings. The van der Waals surface area contributed by atoms with Crippen LogP contribution >= 0.6 is 0 Å². The lowest BCUT2D eigenvalue weighted by Gasteiger charge is -2.17. The molecule has 1 heterocycles. The summed E-state index contributed by atoms with van der Waals surface area (Å²) in [6.07, 6.45) is 6.59. The summed E-state index contributed by atoms with van der Waals surface area (Å²) in [5.74, 6) is -0.178. The molecule has 0 bridgehead atoms. The number of amides is 2. The van der Waals surface area contributed by atoms with Crippen LogP contribution in [0, 0.1) is 6.92 Å². The number of rotatable bonds is 8. The van der Waals surface area contributed by atoms with E-state index in [-0.39, 0.29) is 29.3 Å². The summed E-state index contributed by atoms with van der Waals surface area (Å²) in [5, 5.41) is 2.56. The van der Waals surface area contributed by atoms with Crippen molar-refractivity contribution >= 4 is 23.8 Å². The first-order valence-corrected chi connectivity index (χ1v) is 9.68. The van der Waals surface area contributed by atoms with E-state index in [2.05, 4.69) is 10.3 Å². The summed E-state index contributed by atoms with van der Waals surface area (Å²) in [7, 11) is 4.68. The average Bonchev–Trinajstić information content (AvgIpc) is 2.76. The maximum absolute atomic E-state index is 12.6. The molecule has 0 aliphatic heterocycles. The number of aldehydes is 1. The molecule has 9 nitrogen and oxygen atoms in total. The van der Waals surface area contributed by atoms with Crippen molar-refractivity contribution in [2.45, 2.75) is 13.3 Å². The highest BCUT2D eigenvalue weighted by molar-refractivity contribution is 6.03. The Morgan fingerprint density at radius 2 is 1.88 bits per heavy atom. The van der Waals surface area contributed by atoms with Gasteiger partial charge in [-0.2, -0.15) is 0 Å². The number of hydrogen-bond donors (Lipinski definition) is 3. The predicted molar refractivity (Wildman–Crippen MR) is 122 cm³/mol. The van der Waals surface area contributed by atoms with E-state index in [1.165, 1.54) is 24.2 Å². The van der Waals surface area contributed by atoms with Gasteiger partial charge in [-0.1, -0.05) is 11.6 Å². The van der Waals surface area contributed by atoms with Gasteiger partial charge in [-0.05, 0) is 36.8 Å². The van der Waals surface area contributed by atoms with E-state index < -0.39 is 5.91 Å². The van der Waals surface area contributed by atoms with Gasteiger partial charge in [0.15, 0.2) is 6.29 Å². The number of aromatic nitrogens is 1. The first-order chi connectivity index (χ1) is 15.2. The Labute approximate surface area is 186 Å². The fraction of sp³-hybridized carbons (Fsp3) is 0.217. The molecule has 0 radical (unpaired) electrons. The lowest BCUT2D eigenvalue weighted by Crippen LogP contribution is -2.30. The highest BCUT2D eigenvalue weighted by atomic mass is 16.5. The van der Waals surface area contributed by atoms with Crippen LogP contribution in [-0.4, -0.2) is 49.2 Å². The standard InChI is InChI=1S/C23H27N5O4/c1-14-7-15(22(17(8-14)13-29)23(31)28(2)3)10-21(30)27-20(25)6-5-19(24)16-9-18(32-4)12-26-11-16/h5-9,11-13H,10,24-25H2,1-4H3,(H,27,30)/b19-5-,20-6+. The molecule has 32 heavy (non-hydrogen) atoms. The molecular formula is C23H27N5O4. The van der Waals surface area contributed by atoms with Crippen LogP contribution in [0.4, 0.5) is 0 Å². The number of pyridine rings is 1. The molecule has 0 unspecified atom stereocenters. The molecule has 0 fully saturated rings. The number of ether oxygens (including phenoxy) is 1. The second-order valence-corrected chi connectivity index (χ2v) is 7.29. The molecular weight excluding hydrogens is 410 g/mol. The fourth-order valence-corrected chi connectivity index (χ4v) is 2.99. The van der Waals surface area contributed by atoms with E-state index in [4.69, 9.17) is 16.2 Å². The zero-order chi connectivity index (χ0) is 23.8. The van der Waals surface area contributed by atoms with E-state index in [1.54, 1.807) is 51.6 Å². The normalized spacial score (nSPS) is 11.6. The molecule has 0 saturated heterocycles. The monoisotopic (exact) mass is 437 g/mol. The molecule has 0 aliphatic rings. The lowest BCUT2D eigenvalue weighted by atomic mass is 9.95. The van der Waals surface area contributed by atoms with Gasteiger partial charge in [0.05, 0.1) is 25.3 Å². The first kappa shape index (κ1) is 24.1. The third-order valence-electron chi connectivity index (χ3n) is 4.50. The van der Waals surface area contributed by atoms with Crippen LogP contribution < -0.4 is 21.5 Å². The number of nitrogens with one attached hydrogen (secondary N) is 1. The Balaban J connectivity index is 2.20. The quantitative estimate of drug-likeness (QED) is 0.418. The van der Waals surface area contributed by atoms with Crippen LogP contribution in [0.3, 0.4) is 0 Å². The number of aryl methyl sites for hydroxylation is 1. The molecule has 0 spiro atoms. The van der Waals surface area contributed by atoms with Crippen LogP contribution in [0.1, 0.15) is 37.4 Å². The highest BCUT2D eigenvalue weighted by Gasteiger charge is 2.20. The Morgan fingerprint density at radius 1 is 1.16 bits per heavy atom. The molecule has 0 aliphatic carbocycles. The van der Waals surface area contributed by atoms with E-state index in [0.717, 1.165) is 5.56 Å². The second kappa shape index (κ2) is 10.8. The van der Waals surface area contributed by atoms with Crippen molar-refractivity contribution < 1.29 is 19.1 Å². The molecule has 0 atom stereocenters. The number of nitrogens with zero attached hydrogens (tertiary/aromatic N) is 2. The minimum absolute atomic E-state index is 0.0672. The smallest absolute Gasteiger partial charge is 0.254 e. The van der Waals surface area contributed by atoms with Gasteiger partial charge in [0.2, 0.25) is 5.91 Å². The van der Waals surface area contributed by atoms with Crippen LogP contribution in [-0.2, 0) is 11.2 Å². The third-order valence-corrected chi connectivity index (χ3v) is 4.50. The number of allylic oxidation sites excluding steroid dienone is 2. The summed E-state index contributed by atoms with van der Waals surface area (Å²) in [5.41, 5.74) is 14.6. The number of carbonyl (C=O) groups excluding carboxylic acids is 3. The highest BCUT2D eigenvalue weighted by Crippen LogP contribution is 2.19. The molecule has 1 aromatic heterocycles. The van der Waals surface area contributed by atoms with Gasteiger partial charge >= 0.3 is 0 Å².